The Morgan fingerprint density at radius 1 is 1.11 bits per heavy atom. The average molecular weight is 256 g/mol. The van der Waals surface area contributed by atoms with Gasteiger partial charge < -0.3 is 9.64 Å². The number of morpholine rings is 1. The van der Waals surface area contributed by atoms with Crippen LogP contribution < -0.4 is 4.90 Å². The Hall–Kier alpha value is -1.61. The molecule has 3 rings (SSSR count). The van der Waals surface area contributed by atoms with Crippen LogP contribution >= 0.6 is 0 Å². The van der Waals surface area contributed by atoms with Crippen LogP contribution in [0.1, 0.15) is 19.5 Å². The Morgan fingerprint density at radius 3 is 2.58 bits per heavy atom. The fraction of sp³-hybridized carbons (Fsp3) is 0.438. The van der Waals surface area contributed by atoms with Crippen LogP contribution in [-0.2, 0) is 4.74 Å². The summed E-state index contributed by atoms with van der Waals surface area (Å²) in [7, 11) is 0. The molecule has 2 aromatic rings. The highest BCUT2D eigenvalue weighted by atomic mass is 16.5. The molecule has 0 N–H and O–H groups in total. The standard InChI is InChI=1S/C16H20N2O/c1-11-7-8-14-15(17-11)5-4-6-16(14)18-9-12(2)19-13(3)10-18/h4-8,12-13H,9-10H2,1-3H3. The van der Waals surface area contributed by atoms with Gasteiger partial charge in [0.15, 0.2) is 0 Å². The van der Waals surface area contributed by atoms with Crippen molar-refractivity contribution in [3.8, 4) is 0 Å². The number of rotatable bonds is 1. The Bertz CT molecular complexity index is 586. The molecule has 1 aromatic carbocycles. The van der Waals surface area contributed by atoms with Crippen LogP contribution in [0.5, 0.6) is 0 Å². The third kappa shape index (κ3) is 2.43. The molecule has 3 heteroatoms. The molecule has 2 heterocycles. The minimum Gasteiger partial charge on any atom is -0.372 e. The lowest BCUT2D eigenvalue weighted by Crippen LogP contribution is -2.45. The predicted molar refractivity (Wildman–Crippen MR) is 78.7 cm³/mol. The molecule has 3 nitrogen and oxygen atoms in total. The fourth-order valence-electron chi connectivity index (χ4n) is 2.89. The first-order chi connectivity index (χ1) is 9.13. The summed E-state index contributed by atoms with van der Waals surface area (Å²) in [5, 5.41) is 1.23. The molecule has 1 aliphatic rings. The lowest BCUT2D eigenvalue weighted by Gasteiger charge is -2.37. The summed E-state index contributed by atoms with van der Waals surface area (Å²) in [5.41, 5.74) is 3.41. The summed E-state index contributed by atoms with van der Waals surface area (Å²) in [6.07, 6.45) is 0.551. The predicted octanol–water partition coefficient (Wildman–Crippen LogP) is 3.16. The zero-order chi connectivity index (χ0) is 13.4. The van der Waals surface area contributed by atoms with Gasteiger partial charge in [-0.2, -0.15) is 0 Å². The summed E-state index contributed by atoms with van der Waals surface area (Å²) < 4.78 is 5.81. The Morgan fingerprint density at radius 2 is 1.84 bits per heavy atom. The first-order valence-corrected chi connectivity index (χ1v) is 6.90. The first kappa shape index (κ1) is 12.4. The van der Waals surface area contributed by atoms with E-state index >= 15 is 0 Å². The molecule has 0 saturated carbocycles. The van der Waals surface area contributed by atoms with Crippen LogP contribution in [0, 0.1) is 6.92 Å². The van der Waals surface area contributed by atoms with E-state index in [1.54, 1.807) is 0 Å². The normalized spacial score (nSPS) is 23.8. The molecule has 0 spiro atoms. The SMILES string of the molecule is Cc1ccc2c(N3CC(C)OC(C)C3)cccc2n1. The number of benzene rings is 1. The van der Waals surface area contributed by atoms with Gasteiger partial charge in [-0.1, -0.05) is 6.07 Å². The van der Waals surface area contributed by atoms with E-state index in [9.17, 15) is 0 Å². The first-order valence-electron chi connectivity index (χ1n) is 6.90. The Labute approximate surface area is 114 Å². The number of anilines is 1. The zero-order valence-corrected chi connectivity index (χ0v) is 11.8. The minimum absolute atomic E-state index is 0.275. The molecule has 19 heavy (non-hydrogen) atoms. The second-order valence-corrected chi connectivity index (χ2v) is 5.46. The Balaban J connectivity index is 2.04. The molecular weight excluding hydrogens is 236 g/mol. The van der Waals surface area contributed by atoms with E-state index in [4.69, 9.17) is 4.74 Å². The van der Waals surface area contributed by atoms with Gasteiger partial charge in [-0.25, -0.2) is 0 Å². The summed E-state index contributed by atoms with van der Waals surface area (Å²) in [4.78, 5) is 7.03. The molecule has 2 unspecified atom stereocenters. The van der Waals surface area contributed by atoms with Gasteiger partial charge in [0.2, 0.25) is 0 Å². The van der Waals surface area contributed by atoms with Gasteiger partial charge in [-0.15, -0.1) is 0 Å². The summed E-state index contributed by atoms with van der Waals surface area (Å²) in [6, 6.07) is 10.6. The lowest BCUT2D eigenvalue weighted by atomic mass is 10.1. The van der Waals surface area contributed by atoms with Gasteiger partial charge in [0.1, 0.15) is 0 Å². The van der Waals surface area contributed by atoms with Crippen LogP contribution in [0.15, 0.2) is 30.3 Å². The van der Waals surface area contributed by atoms with Crippen molar-refractivity contribution in [2.24, 2.45) is 0 Å². The highest BCUT2D eigenvalue weighted by Crippen LogP contribution is 2.28. The number of hydrogen-bond acceptors (Lipinski definition) is 3. The van der Waals surface area contributed by atoms with Crippen molar-refractivity contribution >= 4 is 16.6 Å². The molecule has 0 bridgehead atoms. The van der Waals surface area contributed by atoms with Gasteiger partial charge in [-0.3, -0.25) is 4.98 Å². The van der Waals surface area contributed by atoms with E-state index in [0.29, 0.717) is 0 Å². The number of pyridine rings is 1. The van der Waals surface area contributed by atoms with Crippen molar-refractivity contribution in [1.82, 2.24) is 4.98 Å². The van der Waals surface area contributed by atoms with E-state index in [0.717, 1.165) is 24.3 Å². The largest absolute Gasteiger partial charge is 0.372 e. The van der Waals surface area contributed by atoms with Gasteiger partial charge in [0.25, 0.3) is 0 Å². The van der Waals surface area contributed by atoms with Crippen molar-refractivity contribution in [3.63, 3.8) is 0 Å². The average Bonchev–Trinajstić information content (AvgIpc) is 2.36. The van der Waals surface area contributed by atoms with Gasteiger partial charge in [0, 0.05) is 29.9 Å². The number of aryl methyl sites for hydroxylation is 1. The maximum Gasteiger partial charge on any atom is 0.0726 e. The molecular formula is C16H20N2O. The van der Waals surface area contributed by atoms with E-state index < -0.39 is 0 Å². The molecule has 1 fully saturated rings. The van der Waals surface area contributed by atoms with Crippen molar-refractivity contribution in [1.29, 1.82) is 0 Å². The van der Waals surface area contributed by atoms with E-state index in [2.05, 4.69) is 54.1 Å². The third-order valence-corrected chi connectivity index (χ3v) is 3.61. The lowest BCUT2D eigenvalue weighted by molar-refractivity contribution is -0.00513. The molecule has 100 valence electrons. The molecule has 0 amide bonds. The number of hydrogen-bond donors (Lipinski definition) is 0. The van der Waals surface area contributed by atoms with Crippen LogP contribution in [0.4, 0.5) is 5.69 Å². The summed E-state index contributed by atoms with van der Waals surface area (Å²) >= 11 is 0. The van der Waals surface area contributed by atoms with Crippen molar-refractivity contribution in [2.75, 3.05) is 18.0 Å². The van der Waals surface area contributed by atoms with Crippen LogP contribution in [0.3, 0.4) is 0 Å². The van der Waals surface area contributed by atoms with Gasteiger partial charge in [0.05, 0.1) is 17.7 Å². The summed E-state index contributed by atoms with van der Waals surface area (Å²) in [6.45, 7) is 8.19. The third-order valence-electron chi connectivity index (χ3n) is 3.61. The van der Waals surface area contributed by atoms with E-state index in [-0.39, 0.29) is 12.2 Å². The van der Waals surface area contributed by atoms with E-state index in [1.807, 2.05) is 6.92 Å². The number of nitrogens with zero attached hydrogens (tertiary/aromatic N) is 2. The van der Waals surface area contributed by atoms with Crippen LogP contribution in [-0.4, -0.2) is 30.3 Å². The molecule has 2 atom stereocenters. The van der Waals surface area contributed by atoms with Crippen LogP contribution in [0.25, 0.3) is 10.9 Å². The molecule has 1 aliphatic heterocycles. The molecule has 0 radical (unpaired) electrons. The second kappa shape index (κ2) is 4.82. The quantitative estimate of drug-likeness (QED) is 0.783. The van der Waals surface area contributed by atoms with Crippen LogP contribution in [0.2, 0.25) is 0 Å². The molecule has 0 aliphatic carbocycles. The molecule has 1 saturated heterocycles. The second-order valence-electron chi connectivity index (χ2n) is 5.46. The zero-order valence-electron chi connectivity index (χ0n) is 11.8. The van der Waals surface area contributed by atoms with Gasteiger partial charge in [-0.05, 0) is 45.0 Å². The fourth-order valence-corrected chi connectivity index (χ4v) is 2.89. The van der Waals surface area contributed by atoms with E-state index in [1.165, 1.54) is 11.1 Å². The topological polar surface area (TPSA) is 25.4 Å². The highest BCUT2D eigenvalue weighted by Gasteiger charge is 2.23. The number of aromatic nitrogens is 1. The molecule has 1 aromatic heterocycles. The monoisotopic (exact) mass is 256 g/mol. The van der Waals surface area contributed by atoms with Crippen molar-refractivity contribution < 1.29 is 4.74 Å². The maximum atomic E-state index is 5.81. The number of ether oxygens (including phenoxy) is 1. The maximum absolute atomic E-state index is 5.81. The van der Waals surface area contributed by atoms with Gasteiger partial charge >= 0.3 is 0 Å². The number of fused-ring (bicyclic) bond motifs is 1. The Kier molecular flexibility index (Phi) is 3.15. The summed E-state index contributed by atoms with van der Waals surface area (Å²) in [5.74, 6) is 0. The minimum atomic E-state index is 0.275. The van der Waals surface area contributed by atoms with Crippen molar-refractivity contribution in [3.05, 3.63) is 36.0 Å². The van der Waals surface area contributed by atoms with Crippen molar-refractivity contribution in [2.45, 2.75) is 33.0 Å². The highest BCUT2D eigenvalue weighted by molar-refractivity contribution is 5.92. The smallest absolute Gasteiger partial charge is 0.0726 e.